The normalized spacial score (nSPS) is 16.9. The summed E-state index contributed by atoms with van der Waals surface area (Å²) in [5.41, 5.74) is 4.08. The number of benzene rings is 2. The Balaban J connectivity index is 1.69. The second-order valence-electron chi connectivity index (χ2n) is 9.21. The first-order valence-electron chi connectivity index (χ1n) is 12.2. The Labute approximate surface area is 204 Å². The van der Waals surface area contributed by atoms with Gasteiger partial charge in [-0.2, -0.15) is 0 Å². The molecule has 1 unspecified atom stereocenters. The van der Waals surface area contributed by atoms with E-state index in [-0.39, 0.29) is 38.3 Å². The molecule has 0 fully saturated rings. The number of aliphatic carboxylic acids is 1. The molecule has 1 aliphatic rings. The van der Waals surface area contributed by atoms with Crippen molar-refractivity contribution in [1.29, 1.82) is 0 Å². The molecule has 0 heterocycles. The minimum atomic E-state index is -1.02. The smallest absolute Gasteiger partial charge is 0.303 e. The van der Waals surface area contributed by atoms with E-state index in [1.807, 2.05) is 0 Å². The number of carbonyl (C=O) groups is 2. The van der Waals surface area contributed by atoms with Crippen molar-refractivity contribution >= 4 is 11.9 Å². The van der Waals surface area contributed by atoms with Crippen molar-refractivity contribution in [3.8, 4) is 0 Å². The summed E-state index contributed by atoms with van der Waals surface area (Å²) in [6.45, 7) is 2.29. The summed E-state index contributed by atoms with van der Waals surface area (Å²) in [6.07, 6.45) is 2.91. The van der Waals surface area contributed by atoms with Crippen molar-refractivity contribution in [2.24, 2.45) is 0 Å². The van der Waals surface area contributed by atoms with Gasteiger partial charge in [0.2, 0.25) is 5.91 Å². The average Bonchev–Trinajstić information content (AvgIpc) is 2.80. The van der Waals surface area contributed by atoms with E-state index in [4.69, 9.17) is 5.11 Å². The topological polar surface area (TPSA) is 98.7 Å². The first kappa shape index (κ1) is 26.8. The summed E-state index contributed by atoms with van der Waals surface area (Å²) in [5, 5.41) is 25.9. The molecule has 0 bridgehead atoms. The molecule has 0 saturated heterocycles. The van der Waals surface area contributed by atoms with Gasteiger partial charge in [-0.3, -0.25) is 9.59 Å². The fraction of sp³-hybridized carbons (Fsp3) is 0.481. The van der Waals surface area contributed by atoms with E-state index in [2.05, 4.69) is 35.8 Å². The zero-order valence-electron chi connectivity index (χ0n) is 20.0. The Morgan fingerprint density at radius 3 is 2.51 bits per heavy atom. The number of aryl methyl sites for hydroxylation is 2. The minimum Gasteiger partial charge on any atom is -0.481 e. The van der Waals surface area contributed by atoms with Gasteiger partial charge < -0.3 is 20.8 Å². The number of aliphatic hydroxyl groups is 1. The summed E-state index contributed by atoms with van der Waals surface area (Å²) in [6, 6.07) is 8.90. The highest BCUT2D eigenvalue weighted by Crippen LogP contribution is 2.30. The van der Waals surface area contributed by atoms with Crippen LogP contribution in [0.2, 0.25) is 0 Å². The maximum atomic E-state index is 13.7. The lowest BCUT2D eigenvalue weighted by molar-refractivity contribution is -0.137. The Morgan fingerprint density at radius 2 is 1.83 bits per heavy atom. The van der Waals surface area contributed by atoms with Gasteiger partial charge in [0.25, 0.3) is 0 Å². The third-order valence-electron chi connectivity index (χ3n) is 6.49. The van der Waals surface area contributed by atoms with Gasteiger partial charge in [-0.25, -0.2) is 8.78 Å². The van der Waals surface area contributed by atoms with Crippen LogP contribution in [0.25, 0.3) is 0 Å². The number of rotatable bonds is 12. The third kappa shape index (κ3) is 8.11. The molecule has 0 saturated carbocycles. The molecule has 0 spiro atoms. The number of amides is 1. The minimum absolute atomic E-state index is 0.0176. The van der Waals surface area contributed by atoms with Crippen molar-refractivity contribution in [2.45, 2.75) is 76.5 Å². The number of aliphatic hydroxyl groups excluding tert-OH is 1. The number of hydrogen-bond acceptors (Lipinski definition) is 4. The van der Waals surface area contributed by atoms with Crippen molar-refractivity contribution < 1.29 is 28.6 Å². The monoisotopic (exact) mass is 488 g/mol. The number of carboxylic acid groups (broad SMARTS) is 1. The van der Waals surface area contributed by atoms with Gasteiger partial charge in [0, 0.05) is 31.5 Å². The van der Waals surface area contributed by atoms with Crippen LogP contribution in [0.4, 0.5) is 8.78 Å². The van der Waals surface area contributed by atoms with E-state index >= 15 is 0 Å². The maximum absolute atomic E-state index is 13.7. The number of nitrogens with one attached hydrogen (secondary N) is 2. The predicted molar refractivity (Wildman–Crippen MR) is 129 cm³/mol. The average molecular weight is 489 g/mol. The van der Waals surface area contributed by atoms with Gasteiger partial charge >= 0.3 is 5.97 Å². The number of fused-ring (bicyclic) bond motifs is 1. The predicted octanol–water partition coefficient (Wildman–Crippen LogP) is 3.84. The summed E-state index contributed by atoms with van der Waals surface area (Å²) in [4.78, 5) is 23.1. The Bertz CT molecular complexity index is 1010. The molecule has 0 aliphatic heterocycles. The molecule has 1 aliphatic carbocycles. The molecule has 2 aromatic carbocycles. The summed E-state index contributed by atoms with van der Waals surface area (Å²) in [7, 11) is 0. The zero-order chi connectivity index (χ0) is 25.4. The van der Waals surface area contributed by atoms with Crippen LogP contribution >= 0.6 is 0 Å². The second kappa shape index (κ2) is 12.7. The van der Waals surface area contributed by atoms with E-state index < -0.39 is 35.7 Å². The van der Waals surface area contributed by atoms with Crippen LogP contribution in [0, 0.1) is 11.6 Å². The maximum Gasteiger partial charge on any atom is 0.303 e. The van der Waals surface area contributed by atoms with Crippen LogP contribution in [-0.2, 0) is 28.9 Å². The second-order valence-corrected chi connectivity index (χ2v) is 9.21. The number of carbonyl (C=O) groups excluding carboxylic acids is 1. The molecule has 0 aromatic heterocycles. The van der Waals surface area contributed by atoms with Crippen LogP contribution in [0.5, 0.6) is 0 Å². The lowest BCUT2D eigenvalue weighted by atomic mass is 9.86. The van der Waals surface area contributed by atoms with E-state index in [1.54, 1.807) is 0 Å². The molecule has 190 valence electrons. The number of halogens is 2. The molecule has 6 nitrogen and oxygen atoms in total. The van der Waals surface area contributed by atoms with Gasteiger partial charge in [0.1, 0.15) is 11.6 Å². The summed E-state index contributed by atoms with van der Waals surface area (Å²) in [5.74, 6) is -2.87. The highest BCUT2D eigenvalue weighted by molar-refractivity contribution is 5.77. The molecule has 8 heteroatoms. The molecule has 4 N–H and O–H groups in total. The van der Waals surface area contributed by atoms with Gasteiger partial charge in [0.05, 0.1) is 12.1 Å². The van der Waals surface area contributed by atoms with E-state index in [0.29, 0.717) is 5.56 Å². The van der Waals surface area contributed by atoms with Gasteiger partial charge in [-0.1, -0.05) is 25.1 Å². The Morgan fingerprint density at radius 1 is 1.09 bits per heavy atom. The SMILES string of the molecule is CCc1ccc2c(c1)C(NC[C@H](O)[C@@H](Cc1cc(F)cc(F)c1)NC(=O)CCCC(=O)O)CCC2. The third-order valence-corrected chi connectivity index (χ3v) is 6.49. The van der Waals surface area contributed by atoms with Crippen LogP contribution in [0.1, 0.15) is 67.3 Å². The van der Waals surface area contributed by atoms with Crippen LogP contribution < -0.4 is 10.6 Å². The largest absolute Gasteiger partial charge is 0.481 e. The summed E-state index contributed by atoms with van der Waals surface area (Å²) >= 11 is 0. The van der Waals surface area contributed by atoms with Crippen molar-refractivity contribution in [2.75, 3.05) is 6.54 Å². The van der Waals surface area contributed by atoms with Crippen LogP contribution in [-0.4, -0.2) is 40.8 Å². The van der Waals surface area contributed by atoms with Gasteiger partial charge in [-0.15, -0.1) is 0 Å². The van der Waals surface area contributed by atoms with E-state index in [1.165, 1.54) is 28.8 Å². The fourth-order valence-corrected chi connectivity index (χ4v) is 4.63. The van der Waals surface area contributed by atoms with Crippen molar-refractivity contribution in [3.05, 3.63) is 70.3 Å². The van der Waals surface area contributed by atoms with Crippen molar-refractivity contribution in [1.82, 2.24) is 10.6 Å². The van der Waals surface area contributed by atoms with Gasteiger partial charge in [0.15, 0.2) is 0 Å². The van der Waals surface area contributed by atoms with E-state index in [0.717, 1.165) is 31.7 Å². The first-order valence-corrected chi connectivity index (χ1v) is 12.2. The molecule has 2 aromatic rings. The molecule has 35 heavy (non-hydrogen) atoms. The first-order chi connectivity index (χ1) is 16.7. The van der Waals surface area contributed by atoms with Gasteiger partial charge in [-0.05, 0) is 72.9 Å². The number of carboxylic acids is 1. The van der Waals surface area contributed by atoms with E-state index in [9.17, 15) is 23.5 Å². The highest BCUT2D eigenvalue weighted by Gasteiger charge is 2.26. The lowest BCUT2D eigenvalue weighted by Gasteiger charge is -2.30. The quantitative estimate of drug-likeness (QED) is 0.364. The zero-order valence-corrected chi connectivity index (χ0v) is 20.0. The fourth-order valence-electron chi connectivity index (χ4n) is 4.63. The molecule has 0 radical (unpaired) electrons. The standard InChI is InChI=1S/C27H34F2N2O4/c1-2-17-9-10-19-5-3-6-23(22(19)13-17)30-16-25(32)24(31-26(33)7-4-8-27(34)35)14-18-11-20(28)15-21(29)12-18/h9-13,15,23-25,30,32H,2-8,14,16H2,1H3,(H,31,33)(H,34,35)/t23?,24-,25+/m1/s1. The Hall–Kier alpha value is -2.84. The van der Waals surface area contributed by atoms with Crippen LogP contribution in [0.3, 0.4) is 0 Å². The molecular weight excluding hydrogens is 454 g/mol. The molecular formula is C27H34F2N2O4. The molecule has 3 rings (SSSR count). The highest BCUT2D eigenvalue weighted by atomic mass is 19.1. The summed E-state index contributed by atoms with van der Waals surface area (Å²) < 4.78 is 27.4. The molecule has 1 amide bonds. The lowest BCUT2D eigenvalue weighted by Crippen LogP contribution is -2.49. The number of hydrogen-bond donors (Lipinski definition) is 4. The Kier molecular flexibility index (Phi) is 9.74. The molecule has 3 atom stereocenters. The van der Waals surface area contributed by atoms with Crippen molar-refractivity contribution in [3.63, 3.8) is 0 Å². The van der Waals surface area contributed by atoms with Crippen LogP contribution in [0.15, 0.2) is 36.4 Å².